The molecular formula is C18H16F3N7S. The fraction of sp³-hybridized carbons (Fsp3) is 0.389. The average Bonchev–Trinajstić information content (AvgIpc) is 3.39. The predicted octanol–water partition coefficient (Wildman–Crippen LogP) is 4.08. The second-order valence-corrected chi connectivity index (χ2v) is 8.18. The van der Waals surface area contributed by atoms with Crippen LogP contribution in [0.5, 0.6) is 0 Å². The van der Waals surface area contributed by atoms with Gasteiger partial charge in [-0.3, -0.25) is 0 Å². The standard InChI is InChI=1S/C18H16F3N7S/c1-3-29-17-13(15-22-7-6-11(9-4-5-9)28(15)26-17)16-23-10-8-12(18(19,20)21)24-25-14(10)27(16)2/h6-9H,3-5H2,1-2H3. The highest BCUT2D eigenvalue weighted by molar-refractivity contribution is 7.99. The molecule has 4 aromatic rings. The molecular weight excluding hydrogens is 403 g/mol. The van der Waals surface area contributed by atoms with Crippen molar-refractivity contribution < 1.29 is 13.2 Å². The molecule has 0 unspecified atom stereocenters. The summed E-state index contributed by atoms with van der Waals surface area (Å²) < 4.78 is 42.6. The Morgan fingerprint density at radius 1 is 1.21 bits per heavy atom. The highest BCUT2D eigenvalue weighted by Crippen LogP contribution is 2.42. The number of thioether (sulfide) groups is 1. The zero-order valence-electron chi connectivity index (χ0n) is 15.6. The molecule has 0 atom stereocenters. The minimum Gasteiger partial charge on any atom is -0.310 e. The molecule has 0 N–H and O–H groups in total. The van der Waals surface area contributed by atoms with Gasteiger partial charge in [-0.2, -0.15) is 18.3 Å². The van der Waals surface area contributed by atoms with Gasteiger partial charge in [-0.05, 0) is 24.7 Å². The molecule has 11 heteroatoms. The Morgan fingerprint density at radius 3 is 2.69 bits per heavy atom. The normalized spacial score (nSPS) is 14.9. The molecule has 0 bridgehead atoms. The molecule has 0 aliphatic heterocycles. The first-order valence-electron chi connectivity index (χ1n) is 9.16. The van der Waals surface area contributed by atoms with E-state index in [4.69, 9.17) is 5.10 Å². The summed E-state index contributed by atoms with van der Waals surface area (Å²) in [4.78, 5) is 8.98. The van der Waals surface area contributed by atoms with E-state index in [1.54, 1.807) is 29.6 Å². The lowest BCUT2D eigenvalue weighted by Gasteiger charge is -2.04. The first-order valence-corrected chi connectivity index (χ1v) is 10.1. The molecule has 0 spiro atoms. The second-order valence-electron chi connectivity index (χ2n) is 6.92. The Morgan fingerprint density at radius 2 is 2.00 bits per heavy atom. The van der Waals surface area contributed by atoms with E-state index in [0.29, 0.717) is 23.0 Å². The van der Waals surface area contributed by atoms with E-state index in [0.717, 1.165) is 35.4 Å². The van der Waals surface area contributed by atoms with E-state index in [2.05, 4.69) is 20.2 Å². The number of alkyl halides is 3. The van der Waals surface area contributed by atoms with E-state index in [1.807, 2.05) is 17.5 Å². The van der Waals surface area contributed by atoms with Crippen LogP contribution in [0.1, 0.15) is 37.1 Å². The van der Waals surface area contributed by atoms with Crippen LogP contribution < -0.4 is 0 Å². The number of hydrogen-bond donors (Lipinski definition) is 0. The van der Waals surface area contributed by atoms with Gasteiger partial charge in [0.25, 0.3) is 0 Å². The van der Waals surface area contributed by atoms with Crippen molar-refractivity contribution in [3.63, 3.8) is 0 Å². The largest absolute Gasteiger partial charge is 0.435 e. The third kappa shape index (κ3) is 2.95. The van der Waals surface area contributed by atoms with Crippen molar-refractivity contribution in [2.75, 3.05) is 5.75 Å². The molecule has 0 amide bonds. The van der Waals surface area contributed by atoms with Gasteiger partial charge in [0, 0.05) is 30.9 Å². The number of hydrogen-bond acceptors (Lipinski definition) is 6. The maximum absolute atomic E-state index is 13.0. The summed E-state index contributed by atoms with van der Waals surface area (Å²) in [6, 6.07) is 2.89. The number of fused-ring (bicyclic) bond motifs is 2. The van der Waals surface area contributed by atoms with E-state index < -0.39 is 11.9 Å². The van der Waals surface area contributed by atoms with E-state index in [9.17, 15) is 13.2 Å². The minimum atomic E-state index is -4.58. The second kappa shape index (κ2) is 6.41. The molecule has 7 nitrogen and oxygen atoms in total. The summed E-state index contributed by atoms with van der Waals surface area (Å²) in [6.07, 6.45) is -0.592. The molecule has 1 fully saturated rings. The first kappa shape index (κ1) is 18.3. The van der Waals surface area contributed by atoms with Crippen LogP contribution in [0.3, 0.4) is 0 Å². The summed E-state index contributed by atoms with van der Waals surface area (Å²) in [6.45, 7) is 2.02. The highest BCUT2D eigenvalue weighted by atomic mass is 32.2. The number of imidazole rings is 1. The topological polar surface area (TPSA) is 73.8 Å². The van der Waals surface area contributed by atoms with Crippen LogP contribution in [0.4, 0.5) is 13.2 Å². The number of halogens is 3. The minimum absolute atomic E-state index is 0.134. The monoisotopic (exact) mass is 419 g/mol. The summed E-state index contributed by atoms with van der Waals surface area (Å²) >= 11 is 1.55. The number of aromatic nitrogens is 7. The lowest BCUT2D eigenvalue weighted by Crippen LogP contribution is -2.09. The summed E-state index contributed by atoms with van der Waals surface area (Å²) in [5.74, 6) is 1.73. The number of nitrogens with zero attached hydrogens (tertiary/aromatic N) is 7. The summed E-state index contributed by atoms with van der Waals surface area (Å²) in [5, 5.41) is 12.6. The fourth-order valence-electron chi connectivity index (χ4n) is 3.41. The van der Waals surface area contributed by atoms with Gasteiger partial charge in [0.05, 0.1) is 5.56 Å². The van der Waals surface area contributed by atoms with Crippen molar-refractivity contribution in [1.82, 2.24) is 34.3 Å². The zero-order valence-corrected chi connectivity index (χ0v) is 16.4. The number of rotatable bonds is 4. The van der Waals surface area contributed by atoms with Gasteiger partial charge >= 0.3 is 6.18 Å². The van der Waals surface area contributed by atoms with Gasteiger partial charge in [0.15, 0.2) is 17.0 Å². The van der Waals surface area contributed by atoms with E-state index in [-0.39, 0.29) is 11.2 Å². The van der Waals surface area contributed by atoms with Gasteiger partial charge in [-0.15, -0.1) is 22.0 Å². The molecule has 4 aromatic heterocycles. The lowest BCUT2D eigenvalue weighted by molar-refractivity contribution is -0.141. The van der Waals surface area contributed by atoms with E-state index in [1.165, 1.54) is 0 Å². The Labute approximate surface area is 167 Å². The van der Waals surface area contributed by atoms with Gasteiger partial charge in [-0.1, -0.05) is 6.92 Å². The quantitative estimate of drug-likeness (QED) is 0.464. The molecule has 0 saturated heterocycles. The van der Waals surface area contributed by atoms with Gasteiger partial charge in [0.2, 0.25) is 0 Å². The average molecular weight is 419 g/mol. The van der Waals surface area contributed by atoms with Crippen molar-refractivity contribution >= 4 is 28.6 Å². The van der Waals surface area contributed by atoms with Crippen LogP contribution in [0.15, 0.2) is 23.4 Å². The van der Waals surface area contributed by atoms with Crippen molar-refractivity contribution in [2.45, 2.75) is 36.9 Å². The number of aryl methyl sites for hydroxylation is 1. The predicted molar refractivity (Wildman–Crippen MR) is 102 cm³/mol. The third-order valence-corrected chi connectivity index (χ3v) is 5.77. The van der Waals surface area contributed by atoms with Crippen molar-refractivity contribution in [2.24, 2.45) is 7.05 Å². The van der Waals surface area contributed by atoms with Crippen LogP contribution >= 0.6 is 11.8 Å². The van der Waals surface area contributed by atoms with Gasteiger partial charge in [-0.25, -0.2) is 14.5 Å². The Kier molecular flexibility index (Phi) is 4.05. The van der Waals surface area contributed by atoms with E-state index >= 15 is 0 Å². The van der Waals surface area contributed by atoms with Crippen LogP contribution in [0.2, 0.25) is 0 Å². The van der Waals surface area contributed by atoms with Crippen LogP contribution in [-0.2, 0) is 13.2 Å². The molecule has 1 aliphatic rings. The smallest absolute Gasteiger partial charge is 0.310 e. The fourth-order valence-corrected chi connectivity index (χ4v) is 4.15. The molecule has 29 heavy (non-hydrogen) atoms. The first-order chi connectivity index (χ1) is 13.9. The Balaban J connectivity index is 1.76. The van der Waals surface area contributed by atoms with Crippen LogP contribution in [-0.4, -0.2) is 40.1 Å². The molecule has 4 heterocycles. The third-order valence-electron chi connectivity index (χ3n) is 4.92. The van der Waals surface area contributed by atoms with Crippen molar-refractivity contribution in [3.8, 4) is 11.4 Å². The molecule has 5 rings (SSSR count). The van der Waals surface area contributed by atoms with Crippen LogP contribution in [0, 0.1) is 0 Å². The molecule has 0 radical (unpaired) electrons. The lowest BCUT2D eigenvalue weighted by atomic mass is 10.2. The van der Waals surface area contributed by atoms with Crippen molar-refractivity contribution in [3.05, 3.63) is 29.7 Å². The maximum atomic E-state index is 13.0. The highest BCUT2D eigenvalue weighted by Gasteiger charge is 2.34. The van der Waals surface area contributed by atoms with Crippen LogP contribution in [0.25, 0.3) is 28.2 Å². The Hall–Kier alpha value is -2.69. The summed E-state index contributed by atoms with van der Waals surface area (Å²) in [7, 11) is 1.71. The van der Waals surface area contributed by atoms with Gasteiger partial charge < -0.3 is 4.57 Å². The van der Waals surface area contributed by atoms with Gasteiger partial charge in [0.1, 0.15) is 16.4 Å². The Bertz CT molecular complexity index is 1240. The maximum Gasteiger partial charge on any atom is 0.435 e. The molecule has 1 aliphatic carbocycles. The summed E-state index contributed by atoms with van der Waals surface area (Å²) in [5.41, 5.74) is 1.79. The molecule has 1 saturated carbocycles. The molecule has 0 aromatic carbocycles. The molecule has 150 valence electrons. The SMILES string of the molecule is CCSc1nn2c(C3CC3)ccnc2c1-c1nc2cc(C(F)(F)F)nnc2n1C. The zero-order chi connectivity index (χ0) is 20.3. The van der Waals surface area contributed by atoms with Crippen molar-refractivity contribution in [1.29, 1.82) is 0 Å².